The number of nitrogens with zero attached hydrogens (tertiary/aromatic N) is 6. The van der Waals surface area contributed by atoms with Crippen LogP contribution in [0, 0.1) is 11.8 Å². The molecule has 3 atom stereocenters. The number of anilines is 1. The van der Waals surface area contributed by atoms with E-state index in [4.69, 9.17) is 9.47 Å². The predicted octanol–water partition coefficient (Wildman–Crippen LogP) is 2.93. The molecule has 3 saturated heterocycles. The Hall–Kier alpha value is -6.11. The van der Waals surface area contributed by atoms with Crippen LogP contribution >= 0.6 is 11.3 Å². The van der Waals surface area contributed by atoms with E-state index < -0.39 is 29.7 Å². The summed E-state index contributed by atoms with van der Waals surface area (Å²) >= 11 is 1.31. The molecule has 9 rings (SSSR count). The summed E-state index contributed by atoms with van der Waals surface area (Å²) in [5.41, 5.74) is 3.68. The number of nitrogens with one attached hydrogen (secondary N) is 2. The minimum absolute atomic E-state index is 0.0233. The number of imide groups is 2. The number of carbonyl (C=O) groups excluding carboxylic acids is 6. The van der Waals surface area contributed by atoms with Crippen molar-refractivity contribution in [1.29, 1.82) is 0 Å². The molecular weight excluding hydrogens is 853 g/mol. The third-order valence-electron chi connectivity index (χ3n) is 13.7. The van der Waals surface area contributed by atoms with Gasteiger partial charge in [0.15, 0.2) is 0 Å². The molecule has 4 aliphatic heterocycles. The summed E-state index contributed by atoms with van der Waals surface area (Å²) in [5.74, 6) is -0.210. The first kappa shape index (κ1) is 44.1. The maximum absolute atomic E-state index is 13.8. The summed E-state index contributed by atoms with van der Waals surface area (Å²) < 4.78 is 13.8. The van der Waals surface area contributed by atoms with Crippen LogP contribution in [0.3, 0.4) is 0 Å². The van der Waals surface area contributed by atoms with Crippen molar-refractivity contribution in [3.05, 3.63) is 74.5 Å². The summed E-state index contributed by atoms with van der Waals surface area (Å²) in [6.07, 6.45) is 3.96. The maximum Gasteiger partial charge on any atom is 0.262 e. The largest absolute Gasteiger partial charge is 0.496 e. The lowest BCUT2D eigenvalue weighted by Crippen LogP contribution is -2.54. The molecule has 0 spiro atoms. The highest BCUT2D eigenvalue weighted by atomic mass is 32.1. The number of likely N-dealkylation sites (tertiary alicyclic amines) is 1. The number of aryl methyl sites for hydroxylation is 1. The number of piperazine rings is 1. The Labute approximate surface area is 380 Å². The number of rotatable bonds is 12. The van der Waals surface area contributed by atoms with Gasteiger partial charge in [-0.3, -0.25) is 48.7 Å². The zero-order valence-corrected chi connectivity index (χ0v) is 38.1. The number of pyridine rings is 1. The van der Waals surface area contributed by atoms with E-state index in [0.717, 1.165) is 57.9 Å². The van der Waals surface area contributed by atoms with Crippen molar-refractivity contribution < 1.29 is 38.2 Å². The molecule has 17 nitrogen and oxygen atoms in total. The highest BCUT2D eigenvalue weighted by Gasteiger charge is 2.45. The minimum atomic E-state index is -1.01. The van der Waals surface area contributed by atoms with Gasteiger partial charge < -0.3 is 34.1 Å². The lowest BCUT2D eigenvalue weighted by Gasteiger charge is -2.36. The van der Waals surface area contributed by atoms with Gasteiger partial charge in [-0.15, -0.1) is 11.3 Å². The number of carbonyl (C=O) groups is 6. The Kier molecular flexibility index (Phi) is 12.0. The molecule has 5 aliphatic rings. The van der Waals surface area contributed by atoms with Crippen LogP contribution in [0.1, 0.15) is 68.1 Å². The van der Waals surface area contributed by atoms with Gasteiger partial charge in [-0.1, -0.05) is 0 Å². The average Bonchev–Trinajstić information content (AvgIpc) is 4.06. The van der Waals surface area contributed by atoms with E-state index in [9.17, 15) is 33.6 Å². The second-order valence-corrected chi connectivity index (χ2v) is 19.2. The average molecular weight is 907 g/mol. The quantitative estimate of drug-likeness (QED) is 0.199. The van der Waals surface area contributed by atoms with E-state index >= 15 is 0 Å². The standard InChI is InChI=1S/C47H54N8O9S/c1-50(2)24-35-37(63-4)18-26(19-38(35)64-5)34-25-51(3)45(60)33-21-39(65-42(33)34)44(59)48-29-16-27-22-54(23-28(27)17-29)41(57)10-11-52-12-14-53(15-13-52)30-6-7-31-32(20-30)47(62)55(46(31)61)36-8-9-40(56)49-43(36)58/h6-7,18-21,25,27-29,36H,8-17,22-24H2,1-5H3,(H,48,59)(H,49,56,58). The number of aromatic nitrogens is 1. The number of fused-ring (bicyclic) bond motifs is 3. The molecule has 1 saturated carbocycles. The normalized spacial score (nSPS) is 22.2. The minimum Gasteiger partial charge on any atom is -0.496 e. The molecule has 18 heteroatoms. The lowest BCUT2D eigenvalue weighted by atomic mass is 10.0. The number of hydrogen-bond donors (Lipinski definition) is 2. The fraction of sp³-hybridized carbons (Fsp3) is 0.468. The van der Waals surface area contributed by atoms with Crippen molar-refractivity contribution >= 4 is 62.6 Å². The Morgan fingerprint density at radius 2 is 1.55 bits per heavy atom. The summed E-state index contributed by atoms with van der Waals surface area (Å²) in [5, 5.41) is 5.95. The summed E-state index contributed by atoms with van der Waals surface area (Å²) in [6.45, 7) is 5.43. The van der Waals surface area contributed by atoms with E-state index in [1.54, 1.807) is 50.2 Å². The Morgan fingerprint density at radius 3 is 2.20 bits per heavy atom. The van der Waals surface area contributed by atoms with Crippen molar-refractivity contribution in [2.75, 3.05) is 79.0 Å². The highest BCUT2D eigenvalue weighted by molar-refractivity contribution is 7.21. The third-order valence-corrected chi connectivity index (χ3v) is 14.9. The monoisotopic (exact) mass is 906 g/mol. The van der Waals surface area contributed by atoms with Crippen molar-refractivity contribution in [2.45, 2.75) is 50.7 Å². The molecule has 342 valence electrons. The molecule has 2 aromatic heterocycles. The van der Waals surface area contributed by atoms with Crippen LogP contribution in [0.25, 0.3) is 21.2 Å². The lowest BCUT2D eigenvalue weighted by molar-refractivity contribution is -0.136. The molecule has 6 amide bonds. The van der Waals surface area contributed by atoms with Crippen LogP contribution in [0.5, 0.6) is 11.5 Å². The third kappa shape index (κ3) is 8.38. The Bertz CT molecular complexity index is 2650. The molecular formula is C47H54N8O9S. The SMILES string of the molecule is COc1cc(-c2cn(C)c(=O)c3cc(C(=O)NC4CC5CN(C(=O)CCN6CCN(c7ccc8c(c7)C(=O)N(C7CCC(=O)NC7=O)C8=O)CC6)CC5C4)sc23)cc(OC)c1CN(C)C. The van der Waals surface area contributed by atoms with Crippen molar-refractivity contribution in [3.8, 4) is 22.6 Å². The van der Waals surface area contributed by atoms with Crippen molar-refractivity contribution in [2.24, 2.45) is 18.9 Å². The molecule has 2 N–H and O–H groups in total. The molecule has 4 aromatic rings. The van der Waals surface area contributed by atoms with Gasteiger partial charge >= 0.3 is 0 Å². The molecule has 0 bridgehead atoms. The van der Waals surface area contributed by atoms with Crippen LogP contribution in [0.4, 0.5) is 5.69 Å². The molecule has 65 heavy (non-hydrogen) atoms. The van der Waals surface area contributed by atoms with Crippen LogP contribution in [0.15, 0.2) is 47.4 Å². The number of hydrogen-bond acceptors (Lipinski definition) is 13. The van der Waals surface area contributed by atoms with E-state index in [-0.39, 0.29) is 47.4 Å². The first-order valence-corrected chi connectivity index (χ1v) is 23.0. The smallest absolute Gasteiger partial charge is 0.262 e. The molecule has 0 radical (unpaired) electrons. The van der Waals surface area contributed by atoms with Gasteiger partial charge in [0, 0.05) is 100 Å². The second-order valence-electron chi connectivity index (χ2n) is 18.1. The summed E-state index contributed by atoms with van der Waals surface area (Å²) in [6, 6.07) is 9.74. The zero-order chi connectivity index (χ0) is 45.8. The summed E-state index contributed by atoms with van der Waals surface area (Å²) in [7, 11) is 8.91. The topological polar surface area (TPSA) is 183 Å². The second kappa shape index (κ2) is 17.7. The predicted molar refractivity (Wildman–Crippen MR) is 243 cm³/mol. The van der Waals surface area contributed by atoms with Gasteiger partial charge in [-0.2, -0.15) is 0 Å². The van der Waals surface area contributed by atoms with Crippen LogP contribution < -0.4 is 30.6 Å². The number of piperidine rings is 1. The van der Waals surface area contributed by atoms with Crippen LogP contribution in [0.2, 0.25) is 0 Å². The summed E-state index contributed by atoms with van der Waals surface area (Å²) in [4.78, 5) is 101. The number of benzene rings is 2. The fourth-order valence-corrected chi connectivity index (χ4v) is 11.4. The number of methoxy groups -OCH3 is 2. The van der Waals surface area contributed by atoms with Gasteiger partial charge in [0.05, 0.1) is 41.2 Å². The van der Waals surface area contributed by atoms with E-state index in [1.807, 2.05) is 42.1 Å². The first-order valence-electron chi connectivity index (χ1n) is 22.2. The fourth-order valence-electron chi connectivity index (χ4n) is 10.4. The van der Waals surface area contributed by atoms with E-state index in [2.05, 4.69) is 20.4 Å². The van der Waals surface area contributed by atoms with Crippen molar-refractivity contribution in [3.63, 3.8) is 0 Å². The molecule has 1 aliphatic carbocycles. The van der Waals surface area contributed by atoms with E-state index in [0.29, 0.717) is 79.3 Å². The molecule has 4 fully saturated rings. The zero-order valence-electron chi connectivity index (χ0n) is 37.3. The Morgan fingerprint density at radius 1 is 0.877 bits per heavy atom. The van der Waals surface area contributed by atoms with Gasteiger partial charge in [-0.25, -0.2) is 0 Å². The van der Waals surface area contributed by atoms with Crippen LogP contribution in [-0.4, -0.2) is 146 Å². The first-order chi connectivity index (χ1) is 31.2. The van der Waals surface area contributed by atoms with Gasteiger partial charge in [0.1, 0.15) is 17.5 Å². The number of thiophene rings is 1. The molecule has 2 aromatic carbocycles. The highest BCUT2D eigenvalue weighted by Crippen LogP contribution is 2.41. The molecule has 6 heterocycles. The van der Waals surface area contributed by atoms with Gasteiger partial charge in [0.25, 0.3) is 23.3 Å². The van der Waals surface area contributed by atoms with Gasteiger partial charge in [-0.05, 0) is 87.2 Å². The number of ether oxygens (including phenoxy) is 2. The van der Waals surface area contributed by atoms with E-state index in [1.165, 1.54) is 11.3 Å². The number of amides is 6. The maximum atomic E-state index is 13.8. The van der Waals surface area contributed by atoms with Crippen LogP contribution in [-0.2, 0) is 28.0 Å². The van der Waals surface area contributed by atoms with Crippen molar-refractivity contribution in [1.82, 2.24) is 34.8 Å². The molecule has 3 unspecified atom stereocenters. The van der Waals surface area contributed by atoms with Gasteiger partial charge in [0.2, 0.25) is 17.7 Å². The Balaban J connectivity index is 0.761.